The van der Waals surface area contributed by atoms with E-state index in [0.717, 1.165) is 4.47 Å². The molecule has 0 spiro atoms. The summed E-state index contributed by atoms with van der Waals surface area (Å²) in [6.45, 7) is 0. The Morgan fingerprint density at radius 3 is 2.93 bits per heavy atom. The molecule has 4 heteroatoms. The van der Waals surface area contributed by atoms with Crippen LogP contribution in [0.15, 0.2) is 22.7 Å². The molecular formula is C10H5BrFNO. The summed E-state index contributed by atoms with van der Waals surface area (Å²) in [6, 6.07) is 6.31. The smallest absolute Gasteiger partial charge is 0.261 e. The van der Waals surface area contributed by atoms with Crippen LogP contribution in [0.1, 0.15) is 15.9 Å². The van der Waals surface area contributed by atoms with Crippen LogP contribution in [0.5, 0.6) is 0 Å². The third kappa shape index (κ3) is 1.17. The highest BCUT2D eigenvalue weighted by Crippen LogP contribution is 2.34. The molecule has 14 heavy (non-hydrogen) atoms. The second-order valence-corrected chi connectivity index (χ2v) is 4.14. The highest BCUT2D eigenvalue weighted by atomic mass is 79.9. The maximum absolute atomic E-state index is 13.6. The molecule has 1 aromatic carbocycles. The van der Waals surface area contributed by atoms with Crippen molar-refractivity contribution in [3.05, 3.63) is 33.8 Å². The average molecular weight is 254 g/mol. The van der Waals surface area contributed by atoms with E-state index in [9.17, 15) is 9.18 Å². The largest absolute Gasteiger partial charge is 0.289 e. The van der Waals surface area contributed by atoms with Crippen LogP contribution < -0.4 is 0 Å². The third-order valence-corrected chi connectivity index (χ3v) is 2.78. The van der Waals surface area contributed by atoms with E-state index in [2.05, 4.69) is 15.9 Å². The molecule has 1 aliphatic rings. The molecule has 0 amide bonds. The Kier molecular flexibility index (Phi) is 1.93. The number of carbonyl (C=O) groups is 1. The number of alkyl halides is 1. The molecule has 0 saturated heterocycles. The molecular weight excluding hydrogens is 249 g/mol. The third-order valence-electron chi connectivity index (χ3n) is 2.28. The first-order valence-corrected chi connectivity index (χ1v) is 4.79. The second-order valence-electron chi connectivity index (χ2n) is 3.22. The van der Waals surface area contributed by atoms with Crippen LogP contribution in [0.3, 0.4) is 0 Å². The average Bonchev–Trinajstić information content (AvgIpc) is 2.40. The number of ketones is 1. The van der Waals surface area contributed by atoms with Crippen LogP contribution >= 0.6 is 15.9 Å². The zero-order chi connectivity index (χ0) is 10.3. The van der Waals surface area contributed by atoms with Gasteiger partial charge in [0, 0.05) is 16.5 Å². The van der Waals surface area contributed by atoms with Crippen LogP contribution in [-0.2, 0) is 6.42 Å². The summed E-state index contributed by atoms with van der Waals surface area (Å²) < 4.78 is 14.4. The van der Waals surface area contributed by atoms with Gasteiger partial charge < -0.3 is 0 Å². The van der Waals surface area contributed by atoms with Gasteiger partial charge in [0.15, 0.2) is 0 Å². The van der Waals surface area contributed by atoms with E-state index >= 15 is 0 Å². The number of hydrogen-bond donors (Lipinski definition) is 0. The van der Waals surface area contributed by atoms with E-state index in [1.54, 1.807) is 18.2 Å². The van der Waals surface area contributed by atoms with Crippen molar-refractivity contribution in [2.45, 2.75) is 12.1 Å². The van der Waals surface area contributed by atoms with Crippen molar-refractivity contribution in [3.8, 4) is 6.07 Å². The lowest BCUT2D eigenvalue weighted by molar-refractivity contribution is 0.0820. The summed E-state index contributed by atoms with van der Waals surface area (Å²) in [6.07, 6.45) is -0.142. The topological polar surface area (TPSA) is 40.9 Å². The normalized spacial score (nSPS) is 24.5. The zero-order valence-electron chi connectivity index (χ0n) is 7.05. The summed E-state index contributed by atoms with van der Waals surface area (Å²) >= 11 is 3.23. The number of hydrogen-bond acceptors (Lipinski definition) is 2. The first kappa shape index (κ1) is 9.35. The molecule has 1 atom stereocenters. The van der Waals surface area contributed by atoms with Gasteiger partial charge in [-0.1, -0.05) is 15.9 Å². The molecule has 2 nitrogen and oxygen atoms in total. The summed E-state index contributed by atoms with van der Waals surface area (Å²) in [5.41, 5.74) is -1.45. The lowest BCUT2D eigenvalue weighted by Gasteiger charge is -2.04. The minimum atomic E-state index is -2.36. The van der Waals surface area contributed by atoms with Crippen LogP contribution in [0.25, 0.3) is 0 Å². The van der Waals surface area contributed by atoms with Gasteiger partial charge in [-0.3, -0.25) is 4.79 Å². The fraction of sp³-hybridized carbons (Fsp3) is 0.200. The summed E-state index contributed by atoms with van der Waals surface area (Å²) in [7, 11) is 0. The molecule has 70 valence electrons. The van der Waals surface area contributed by atoms with Gasteiger partial charge in [-0.25, -0.2) is 4.39 Å². The highest BCUT2D eigenvalue weighted by molar-refractivity contribution is 9.10. The number of fused-ring (bicyclic) bond motifs is 1. The fourth-order valence-corrected chi connectivity index (χ4v) is 1.99. The Morgan fingerprint density at radius 2 is 2.29 bits per heavy atom. The van der Waals surface area contributed by atoms with Crippen LogP contribution in [0, 0.1) is 11.3 Å². The molecule has 1 aromatic rings. The van der Waals surface area contributed by atoms with E-state index in [1.165, 1.54) is 6.07 Å². The molecule has 0 saturated carbocycles. The highest BCUT2D eigenvalue weighted by Gasteiger charge is 2.46. The quantitative estimate of drug-likeness (QED) is 0.713. The summed E-state index contributed by atoms with van der Waals surface area (Å²) in [4.78, 5) is 11.4. The van der Waals surface area contributed by atoms with Crippen molar-refractivity contribution in [2.75, 3.05) is 0 Å². The minimum absolute atomic E-state index is 0.142. The molecule has 1 aliphatic carbocycles. The Balaban J connectivity index is 2.57. The molecule has 0 aromatic heterocycles. The van der Waals surface area contributed by atoms with Crippen LogP contribution in [0.4, 0.5) is 4.39 Å². The zero-order valence-corrected chi connectivity index (χ0v) is 8.64. The van der Waals surface area contributed by atoms with Gasteiger partial charge in [0.05, 0.1) is 0 Å². The van der Waals surface area contributed by atoms with Gasteiger partial charge in [-0.05, 0) is 23.8 Å². The molecule has 0 N–H and O–H groups in total. The van der Waals surface area contributed by atoms with Gasteiger partial charge >= 0.3 is 0 Å². The van der Waals surface area contributed by atoms with Crippen molar-refractivity contribution in [1.29, 1.82) is 5.26 Å². The Morgan fingerprint density at radius 1 is 1.57 bits per heavy atom. The van der Waals surface area contributed by atoms with Crippen molar-refractivity contribution >= 4 is 21.7 Å². The first-order chi connectivity index (χ1) is 6.57. The summed E-state index contributed by atoms with van der Waals surface area (Å²) in [5.74, 6) is -0.720. The lowest BCUT2D eigenvalue weighted by atomic mass is 10.0. The second kappa shape index (κ2) is 2.89. The SMILES string of the molecule is N#C[C@]1(F)Cc2cc(Br)ccc2C1=O. The molecule has 0 bridgehead atoms. The Bertz CT molecular complexity index is 466. The molecule has 0 aliphatic heterocycles. The standard InChI is InChI=1S/C10H5BrFNO/c11-7-1-2-8-6(3-7)4-10(12,5-13)9(8)14/h1-3H,4H2/t10-/m1/s1. The molecule has 0 fully saturated rings. The number of nitriles is 1. The van der Waals surface area contributed by atoms with Gasteiger partial charge in [0.2, 0.25) is 5.78 Å². The van der Waals surface area contributed by atoms with Crippen molar-refractivity contribution in [1.82, 2.24) is 0 Å². The number of halogens is 2. The number of nitrogens with zero attached hydrogens (tertiary/aromatic N) is 1. The maximum Gasteiger partial charge on any atom is 0.261 e. The number of rotatable bonds is 0. The van der Waals surface area contributed by atoms with E-state index in [4.69, 9.17) is 5.26 Å². The maximum atomic E-state index is 13.6. The van der Waals surface area contributed by atoms with Crippen molar-refractivity contribution in [3.63, 3.8) is 0 Å². The summed E-state index contributed by atoms with van der Waals surface area (Å²) in [5, 5.41) is 8.58. The molecule has 0 heterocycles. The van der Waals surface area contributed by atoms with Crippen molar-refractivity contribution in [2.24, 2.45) is 0 Å². The van der Waals surface area contributed by atoms with Gasteiger partial charge in [-0.15, -0.1) is 0 Å². The minimum Gasteiger partial charge on any atom is -0.289 e. The van der Waals surface area contributed by atoms with E-state index in [0.29, 0.717) is 11.1 Å². The van der Waals surface area contributed by atoms with Gasteiger partial charge in [0.25, 0.3) is 5.67 Å². The predicted octanol–water partition coefficient (Wildman–Crippen LogP) is 2.42. The number of Topliss-reactive ketones (excluding diaryl/α,β-unsaturated/α-hetero) is 1. The fourth-order valence-electron chi connectivity index (χ4n) is 1.58. The first-order valence-electron chi connectivity index (χ1n) is 4.00. The predicted molar refractivity (Wildman–Crippen MR) is 51.6 cm³/mol. The number of benzene rings is 1. The van der Waals surface area contributed by atoms with Crippen LogP contribution in [-0.4, -0.2) is 11.5 Å². The monoisotopic (exact) mass is 253 g/mol. The Labute approximate surface area is 88.5 Å². The van der Waals surface area contributed by atoms with E-state index < -0.39 is 11.5 Å². The Hall–Kier alpha value is -1.21. The number of carbonyl (C=O) groups excluding carboxylic acids is 1. The molecule has 2 rings (SSSR count). The molecule has 0 radical (unpaired) electrons. The molecule has 0 unspecified atom stereocenters. The van der Waals surface area contributed by atoms with E-state index in [-0.39, 0.29) is 6.42 Å². The van der Waals surface area contributed by atoms with Gasteiger partial charge in [-0.2, -0.15) is 5.26 Å². The van der Waals surface area contributed by atoms with Crippen LogP contribution in [0.2, 0.25) is 0 Å². The lowest BCUT2D eigenvalue weighted by Crippen LogP contribution is -2.27. The van der Waals surface area contributed by atoms with E-state index in [1.807, 2.05) is 0 Å². The van der Waals surface area contributed by atoms with Gasteiger partial charge in [0.1, 0.15) is 6.07 Å². The van der Waals surface area contributed by atoms with Crippen molar-refractivity contribution < 1.29 is 9.18 Å².